The molecule has 2 aromatic heterocycles. The zero-order valence-electron chi connectivity index (χ0n) is 17.7. The van der Waals surface area contributed by atoms with Gasteiger partial charge in [0.25, 0.3) is 0 Å². The molecule has 30 heavy (non-hydrogen) atoms. The fraction of sp³-hybridized carbons (Fsp3) is 0.400. The number of carboxylic acid groups (broad SMARTS) is 1. The predicted octanol–water partition coefficient (Wildman–Crippen LogP) is 7.15. The van der Waals surface area contributed by atoms with Gasteiger partial charge in [0.2, 0.25) is 0 Å². The van der Waals surface area contributed by atoms with E-state index >= 15 is 0 Å². The van der Waals surface area contributed by atoms with Crippen LogP contribution in [0.15, 0.2) is 58.3 Å². The van der Waals surface area contributed by atoms with Gasteiger partial charge in [-0.2, -0.15) is 0 Å². The monoisotopic (exact) mass is 441 g/mol. The summed E-state index contributed by atoms with van der Waals surface area (Å²) in [7, 11) is 0. The SMILES string of the molecule is CCCCCCc1ccc(-c2cccn2CCCc2csc(SCC(=O)O)c2)cc1. The Hall–Kier alpha value is -1.98. The second kappa shape index (κ2) is 12.0. The molecule has 3 aromatic rings. The number of aliphatic carboxylic acids is 1. The zero-order chi connectivity index (χ0) is 21.2. The van der Waals surface area contributed by atoms with Crippen LogP contribution in [0.1, 0.15) is 50.2 Å². The molecule has 5 heteroatoms. The molecule has 0 bridgehead atoms. The fourth-order valence-electron chi connectivity index (χ4n) is 3.62. The van der Waals surface area contributed by atoms with Crippen LogP contribution in [0.2, 0.25) is 0 Å². The largest absolute Gasteiger partial charge is 0.481 e. The van der Waals surface area contributed by atoms with Gasteiger partial charge in [0.05, 0.1) is 9.96 Å². The molecular formula is C25H31NO2S2. The molecule has 3 nitrogen and oxygen atoms in total. The number of benzene rings is 1. The predicted molar refractivity (Wildman–Crippen MR) is 129 cm³/mol. The Morgan fingerprint density at radius 2 is 1.83 bits per heavy atom. The van der Waals surface area contributed by atoms with E-state index in [2.05, 4.69) is 65.5 Å². The van der Waals surface area contributed by atoms with E-state index in [1.165, 1.54) is 66.3 Å². The molecule has 3 rings (SSSR count). The highest BCUT2D eigenvalue weighted by Crippen LogP contribution is 2.27. The highest BCUT2D eigenvalue weighted by molar-refractivity contribution is 8.01. The van der Waals surface area contributed by atoms with Gasteiger partial charge < -0.3 is 9.67 Å². The van der Waals surface area contributed by atoms with E-state index in [4.69, 9.17) is 5.11 Å². The summed E-state index contributed by atoms with van der Waals surface area (Å²) in [5.74, 6) is -0.635. The summed E-state index contributed by atoms with van der Waals surface area (Å²) in [6, 6.07) is 15.5. The number of hydrogen-bond donors (Lipinski definition) is 1. The fourth-order valence-corrected chi connectivity index (χ4v) is 5.38. The van der Waals surface area contributed by atoms with Crippen molar-refractivity contribution >= 4 is 29.1 Å². The molecule has 0 saturated heterocycles. The average Bonchev–Trinajstić information content (AvgIpc) is 3.40. The van der Waals surface area contributed by atoms with E-state index in [0.717, 1.165) is 23.6 Å². The first-order valence-electron chi connectivity index (χ1n) is 10.8. The van der Waals surface area contributed by atoms with Gasteiger partial charge in [0.1, 0.15) is 0 Å². The van der Waals surface area contributed by atoms with Crippen molar-refractivity contribution in [3.8, 4) is 11.3 Å². The van der Waals surface area contributed by atoms with E-state index in [1.807, 2.05) is 0 Å². The number of rotatable bonds is 13. The van der Waals surface area contributed by atoms with E-state index in [9.17, 15) is 4.79 Å². The van der Waals surface area contributed by atoms with Crippen molar-refractivity contribution in [2.45, 2.75) is 62.6 Å². The van der Waals surface area contributed by atoms with Crippen molar-refractivity contribution in [1.29, 1.82) is 0 Å². The lowest BCUT2D eigenvalue weighted by Crippen LogP contribution is -2.00. The molecule has 0 spiro atoms. The third kappa shape index (κ3) is 7.06. The molecule has 2 heterocycles. The molecular weight excluding hydrogens is 410 g/mol. The third-order valence-corrected chi connectivity index (χ3v) is 7.44. The van der Waals surface area contributed by atoms with Gasteiger partial charge in [0, 0.05) is 18.4 Å². The third-order valence-electron chi connectivity index (χ3n) is 5.23. The van der Waals surface area contributed by atoms with Gasteiger partial charge in [-0.15, -0.1) is 23.1 Å². The quantitative estimate of drug-likeness (QED) is 0.226. The van der Waals surface area contributed by atoms with Crippen molar-refractivity contribution < 1.29 is 9.90 Å². The van der Waals surface area contributed by atoms with Crippen LogP contribution in [0.3, 0.4) is 0 Å². The summed E-state index contributed by atoms with van der Waals surface area (Å²) in [5, 5.41) is 11.0. The number of thioether (sulfide) groups is 1. The number of carboxylic acids is 1. The molecule has 0 radical (unpaired) electrons. The minimum absolute atomic E-state index is 0.129. The maximum absolute atomic E-state index is 10.7. The Labute approximate surface area is 188 Å². The number of nitrogens with zero attached hydrogens (tertiary/aromatic N) is 1. The first-order valence-corrected chi connectivity index (χ1v) is 12.7. The summed E-state index contributed by atoms with van der Waals surface area (Å²) in [4.78, 5) is 10.7. The summed E-state index contributed by atoms with van der Waals surface area (Å²) >= 11 is 3.04. The Kier molecular flexibility index (Phi) is 9.09. The van der Waals surface area contributed by atoms with Gasteiger partial charge in [0.15, 0.2) is 0 Å². The number of hydrogen-bond acceptors (Lipinski definition) is 3. The number of aryl methyl sites for hydroxylation is 3. The Balaban J connectivity index is 1.50. The van der Waals surface area contributed by atoms with Crippen LogP contribution in [-0.2, 0) is 24.2 Å². The van der Waals surface area contributed by atoms with Gasteiger partial charge in [-0.25, -0.2) is 0 Å². The Bertz CT molecular complexity index is 911. The van der Waals surface area contributed by atoms with E-state index in [0.29, 0.717) is 0 Å². The topological polar surface area (TPSA) is 42.2 Å². The molecule has 0 atom stereocenters. The molecule has 0 saturated carbocycles. The molecule has 0 aliphatic rings. The number of aromatic nitrogens is 1. The van der Waals surface area contributed by atoms with Gasteiger partial charge in [-0.3, -0.25) is 4.79 Å². The summed E-state index contributed by atoms with van der Waals surface area (Å²) in [6.07, 6.45) is 10.6. The maximum Gasteiger partial charge on any atom is 0.313 e. The van der Waals surface area contributed by atoms with E-state index < -0.39 is 5.97 Å². The van der Waals surface area contributed by atoms with Crippen LogP contribution in [0.4, 0.5) is 0 Å². The number of carbonyl (C=O) groups is 1. The molecule has 0 fully saturated rings. The van der Waals surface area contributed by atoms with Crippen molar-refractivity contribution in [2.75, 3.05) is 5.75 Å². The van der Waals surface area contributed by atoms with Gasteiger partial charge in [-0.1, -0.05) is 50.5 Å². The van der Waals surface area contributed by atoms with Crippen LogP contribution in [0.25, 0.3) is 11.3 Å². The summed E-state index contributed by atoms with van der Waals surface area (Å²) in [6.45, 7) is 3.23. The normalized spacial score (nSPS) is 11.1. The molecule has 0 amide bonds. The lowest BCUT2D eigenvalue weighted by atomic mass is 10.0. The van der Waals surface area contributed by atoms with E-state index in [1.54, 1.807) is 11.3 Å². The Morgan fingerprint density at radius 1 is 1.03 bits per heavy atom. The molecule has 0 aliphatic carbocycles. The number of unbranched alkanes of at least 4 members (excludes halogenated alkanes) is 3. The van der Waals surface area contributed by atoms with Crippen molar-refractivity contribution in [1.82, 2.24) is 4.57 Å². The molecule has 0 aliphatic heterocycles. The second-order valence-corrected chi connectivity index (χ2v) is 9.84. The number of thiophene rings is 1. The average molecular weight is 442 g/mol. The molecule has 1 aromatic carbocycles. The minimum Gasteiger partial charge on any atom is -0.481 e. The van der Waals surface area contributed by atoms with Crippen molar-refractivity contribution in [3.63, 3.8) is 0 Å². The standard InChI is InChI=1S/C25H31NO2S2/c1-2-3-4-5-8-20-11-13-22(14-12-20)23-10-7-16-26(23)15-6-9-21-17-25(29-18-21)30-19-24(27)28/h7,10-14,16-18H,2-6,8-9,15,19H2,1H3,(H,27,28). The second-order valence-electron chi connectivity index (χ2n) is 7.65. The van der Waals surface area contributed by atoms with Gasteiger partial charge in [-0.05, 0) is 66.0 Å². The van der Waals surface area contributed by atoms with Crippen LogP contribution in [0, 0.1) is 0 Å². The van der Waals surface area contributed by atoms with Gasteiger partial charge >= 0.3 is 5.97 Å². The smallest absolute Gasteiger partial charge is 0.313 e. The maximum atomic E-state index is 10.7. The lowest BCUT2D eigenvalue weighted by Gasteiger charge is -2.10. The highest BCUT2D eigenvalue weighted by atomic mass is 32.2. The van der Waals surface area contributed by atoms with Crippen LogP contribution < -0.4 is 0 Å². The van der Waals surface area contributed by atoms with E-state index in [-0.39, 0.29) is 5.75 Å². The van der Waals surface area contributed by atoms with Crippen molar-refractivity contribution in [3.05, 3.63) is 65.2 Å². The zero-order valence-corrected chi connectivity index (χ0v) is 19.3. The van der Waals surface area contributed by atoms with Crippen LogP contribution in [0.5, 0.6) is 0 Å². The molecule has 0 unspecified atom stereocenters. The summed E-state index contributed by atoms with van der Waals surface area (Å²) in [5.41, 5.74) is 5.28. The van der Waals surface area contributed by atoms with Crippen molar-refractivity contribution in [2.24, 2.45) is 0 Å². The molecule has 160 valence electrons. The Morgan fingerprint density at radius 3 is 2.60 bits per heavy atom. The van der Waals surface area contributed by atoms with Crippen LogP contribution >= 0.6 is 23.1 Å². The first kappa shape index (κ1) is 22.7. The minimum atomic E-state index is -0.764. The van der Waals surface area contributed by atoms with Crippen LogP contribution in [-0.4, -0.2) is 21.4 Å². The highest BCUT2D eigenvalue weighted by Gasteiger charge is 2.07. The molecule has 1 N–H and O–H groups in total. The lowest BCUT2D eigenvalue weighted by molar-refractivity contribution is -0.133. The summed E-state index contributed by atoms with van der Waals surface area (Å²) < 4.78 is 3.42. The first-order chi connectivity index (χ1) is 14.7.